The summed E-state index contributed by atoms with van der Waals surface area (Å²) >= 11 is 0. The number of nitrogens with one attached hydrogen (secondary N) is 1. The number of nitrogens with two attached hydrogens (primary N) is 1. The minimum Gasteiger partial charge on any atom is -0.463 e. The molecule has 20 heavy (non-hydrogen) atoms. The molecule has 7 heteroatoms. The Labute approximate surface area is 119 Å². The lowest BCUT2D eigenvalue weighted by Gasteiger charge is -2.27. The number of nitrogen functional groups attached to an aromatic ring is 1. The quantitative estimate of drug-likeness (QED) is 0.580. The zero-order chi connectivity index (χ0) is 14.4. The van der Waals surface area contributed by atoms with Gasteiger partial charge >= 0.3 is 6.01 Å². The topological polar surface area (TPSA) is 89.2 Å². The molecule has 0 amide bonds. The van der Waals surface area contributed by atoms with Crippen molar-refractivity contribution < 1.29 is 4.74 Å². The van der Waals surface area contributed by atoms with E-state index in [1.54, 1.807) is 0 Å². The van der Waals surface area contributed by atoms with E-state index in [4.69, 9.17) is 10.6 Å². The summed E-state index contributed by atoms with van der Waals surface area (Å²) in [4.78, 5) is 15.1. The Morgan fingerprint density at radius 3 is 2.60 bits per heavy atom. The van der Waals surface area contributed by atoms with Gasteiger partial charge in [0.05, 0.1) is 6.61 Å². The molecular weight excluding hydrogens is 256 g/mol. The zero-order valence-corrected chi connectivity index (χ0v) is 12.3. The summed E-state index contributed by atoms with van der Waals surface area (Å²) in [6.45, 7) is 5.61. The fraction of sp³-hybridized carbons (Fsp3) is 0.769. The van der Waals surface area contributed by atoms with Crippen molar-refractivity contribution in [3.05, 3.63) is 0 Å². The molecule has 3 N–H and O–H groups in total. The molecule has 1 aliphatic carbocycles. The van der Waals surface area contributed by atoms with Crippen molar-refractivity contribution in [2.45, 2.75) is 52.0 Å². The molecule has 0 aromatic carbocycles. The summed E-state index contributed by atoms with van der Waals surface area (Å²) in [5.74, 6) is 6.43. The van der Waals surface area contributed by atoms with Gasteiger partial charge in [0.1, 0.15) is 0 Å². The maximum absolute atomic E-state index is 5.51. The number of hydrogen-bond donors (Lipinski definition) is 2. The molecule has 1 aliphatic rings. The van der Waals surface area contributed by atoms with Crippen molar-refractivity contribution >= 4 is 11.9 Å². The zero-order valence-electron chi connectivity index (χ0n) is 12.3. The third-order valence-electron chi connectivity index (χ3n) is 3.53. The molecule has 0 bridgehead atoms. The van der Waals surface area contributed by atoms with Crippen molar-refractivity contribution in [2.24, 2.45) is 5.84 Å². The average molecular weight is 280 g/mol. The van der Waals surface area contributed by atoms with Gasteiger partial charge in [0.15, 0.2) is 0 Å². The highest BCUT2D eigenvalue weighted by Gasteiger charge is 2.24. The molecule has 1 fully saturated rings. The summed E-state index contributed by atoms with van der Waals surface area (Å²) in [7, 11) is 0. The molecule has 0 radical (unpaired) electrons. The van der Waals surface area contributed by atoms with Gasteiger partial charge in [-0.15, -0.1) is 0 Å². The normalized spacial score (nSPS) is 15.3. The highest BCUT2D eigenvalue weighted by molar-refractivity contribution is 5.39. The minimum absolute atomic E-state index is 0.334. The minimum atomic E-state index is 0.334. The van der Waals surface area contributed by atoms with Crippen LogP contribution in [0, 0.1) is 0 Å². The van der Waals surface area contributed by atoms with Crippen LogP contribution in [-0.2, 0) is 0 Å². The Kier molecular flexibility index (Phi) is 5.34. The monoisotopic (exact) mass is 280 g/mol. The second-order valence-corrected chi connectivity index (χ2v) is 4.96. The number of anilines is 2. The first-order valence-electron chi connectivity index (χ1n) is 7.40. The van der Waals surface area contributed by atoms with Crippen LogP contribution in [0.25, 0.3) is 0 Å². The molecule has 2 rings (SSSR count). The molecule has 0 aliphatic heterocycles. The van der Waals surface area contributed by atoms with Gasteiger partial charge in [-0.25, -0.2) is 5.84 Å². The van der Waals surface area contributed by atoms with E-state index in [9.17, 15) is 0 Å². The molecule has 112 valence electrons. The Morgan fingerprint density at radius 1 is 1.25 bits per heavy atom. The number of hydrogen-bond acceptors (Lipinski definition) is 7. The molecular formula is C13H24N6O. The molecule has 0 spiro atoms. The highest BCUT2D eigenvalue weighted by Crippen LogP contribution is 2.27. The van der Waals surface area contributed by atoms with Crippen LogP contribution in [0.3, 0.4) is 0 Å². The van der Waals surface area contributed by atoms with E-state index in [0.29, 0.717) is 30.6 Å². The predicted molar refractivity (Wildman–Crippen MR) is 78.7 cm³/mol. The summed E-state index contributed by atoms with van der Waals surface area (Å²) < 4.78 is 5.51. The Bertz CT molecular complexity index is 421. The maximum Gasteiger partial charge on any atom is 0.323 e. The largest absolute Gasteiger partial charge is 0.463 e. The van der Waals surface area contributed by atoms with E-state index >= 15 is 0 Å². The Morgan fingerprint density at radius 2 is 2.00 bits per heavy atom. The molecule has 0 atom stereocenters. The first-order chi connectivity index (χ1) is 9.78. The van der Waals surface area contributed by atoms with E-state index in [2.05, 4.69) is 32.2 Å². The lowest BCUT2D eigenvalue weighted by Crippen LogP contribution is -2.35. The van der Waals surface area contributed by atoms with Gasteiger partial charge in [-0.2, -0.15) is 15.0 Å². The van der Waals surface area contributed by atoms with Crippen LogP contribution in [0.15, 0.2) is 0 Å². The fourth-order valence-electron chi connectivity index (χ4n) is 2.58. The Hall–Kier alpha value is -1.63. The number of aromatic nitrogens is 3. The third-order valence-corrected chi connectivity index (χ3v) is 3.53. The molecule has 1 aromatic heterocycles. The summed E-state index contributed by atoms with van der Waals surface area (Å²) in [5, 5.41) is 0. The van der Waals surface area contributed by atoms with Gasteiger partial charge in [-0.3, -0.25) is 5.43 Å². The van der Waals surface area contributed by atoms with Gasteiger partial charge < -0.3 is 9.64 Å². The second-order valence-electron chi connectivity index (χ2n) is 4.96. The van der Waals surface area contributed by atoms with Crippen molar-refractivity contribution in [3.8, 4) is 6.01 Å². The standard InChI is InChI=1S/C13H24N6O/c1-3-9-20-13-16-11(18-14)15-12(17-13)19(4-2)10-7-5-6-8-10/h10H,3-9,14H2,1-2H3,(H,15,16,17,18). The summed E-state index contributed by atoms with van der Waals surface area (Å²) in [5.41, 5.74) is 2.48. The lowest BCUT2D eigenvalue weighted by molar-refractivity contribution is 0.291. The van der Waals surface area contributed by atoms with Crippen LogP contribution >= 0.6 is 0 Å². The third kappa shape index (κ3) is 3.47. The van der Waals surface area contributed by atoms with E-state index < -0.39 is 0 Å². The van der Waals surface area contributed by atoms with Crippen molar-refractivity contribution in [1.82, 2.24) is 15.0 Å². The molecule has 0 saturated heterocycles. The van der Waals surface area contributed by atoms with Crippen molar-refractivity contribution in [3.63, 3.8) is 0 Å². The van der Waals surface area contributed by atoms with Crippen LogP contribution in [0.2, 0.25) is 0 Å². The first-order valence-corrected chi connectivity index (χ1v) is 7.40. The van der Waals surface area contributed by atoms with Gasteiger partial charge in [-0.1, -0.05) is 19.8 Å². The average Bonchev–Trinajstić information content (AvgIpc) is 2.99. The van der Waals surface area contributed by atoms with E-state index in [1.165, 1.54) is 25.7 Å². The number of rotatable bonds is 7. The van der Waals surface area contributed by atoms with Crippen molar-refractivity contribution in [1.29, 1.82) is 0 Å². The van der Waals surface area contributed by atoms with Crippen LogP contribution < -0.4 is 20.9 Å². The highest BCUT2D eigenvalue weighted by atomic mass is 16.5. The lowest BCUT2D eigenvalue weighted by atomic mass is 10.2. The molecule has 7 nitrogen and oxygen atoms in total. The van der Waals surface area contributed by atoms with Crippen LogP contribution in [0.5, 0.6) is 6.01 Å². The van der Waals surface area contributed by atoms with Gasteiger partial charge in [0.2, 0.25) is 11.9 Å². The number of nitrogens with zero attached hydrogens (tertiary/aromatic N) is 4. The van der Waals surface area contributed by atoms with E-state index in [-0.39, 0.29) is 0 Å². The number of ether oxygens (including phenoxy) is 1. The molecule has 1 aromatic rings. The van der Waals surface area contributed by atoms with Gasteiger partial charge in [0.25, 0.3) is 0 Å². The Balaban J connectivity index is 2.22. The number of hydrazine groups is 1. The fourth-order valence-corrected chi connectivity index (χ4v) is 2.58. The van der Waals surface area contributed by atoms with Crippen LogP contribution in [-0.4, -0.2) is 34.1 Å². The van der Waals surface area contributed by atoms with Crippen molar-refractivity contribution in [2.75, 3.05) is 23.5 Å². The van der Waals surface area contributed by atoms with Crippen LogP contribution in [0.1, 0.15) is 46.0 Å². The van der Waals surface area contributed by atoms with E-state index in [0.717, 1.165) is 13.0 Å². The van der Waals surface area contributed by atoms with Gasteiger partial charge in [-0.05, 0) is 26.2 Å². The van der Waals surface area contributed by atoms with Gasteiger partial charge in [0, 0.05) is 12.6 Å². The summed E-state index contributed by atoms with van der Waals surface area (Å²) in [6.07, 6.45) is 5.83. The second kappa shape index (κ2) is 7.23. The van der Waals surface area contributed by atoms with E-state index in [1.807, 2.05) is 6.92 Å². The summed E-state index contributed by atoms with van der Waals surface area (Å²) in [6, 6.07) is 0.841. The predicted octanol–water partition coefficient (Wildman–Crippen LogP) is 1.71. The molecule has 1 saturated carbocycles. The SMILES string of the molecule is CCCOc1nc(NN)nc(N(CC)C2CCCC2)n1. The first kappa shape index (κ1) is 14.8. The smallest absolute Gasteiger partial charge is 0.323 e. The molecule has 0 unspecified atom stereocenters. The maximum atomic E-state index is 5.51. The van der Waals surface area contributed by atoms with Crippen LogP contribution in [0.4, 0.5) is 11.9 Å². The molecule has 1 heterocycles.